The van der Waals surface area contributed by atoms with Crippen molar-refractivity contribution >= 4 is 43.3 Å². The number of hydrogen-bond acceptors (Lipinski definition) is 9. The average molecular weight is 731 g/mol. The molecule has 0 saturated carbocycles. The molecule has 3 aromatic rings. The second kappa shape index (κ2) is 17.8. The first kappa shape index (κ1) is 41.9. The van der Waals surface area contributed by atoms with Crippen molar-refractivity contribution < 1.29 is 42.3 Å². The Bertz CT molecular complexity index is 1640. The van der Waals surface area contributed by atoms with E-state index in [1.807, 2.05) is 0 Å². The highest BCUT2D eigenvalue weighted by molar-refractivity contribution is 7.43. The lowest BCUT2D eigenvalue weighted by atomic mass is 9.94. The minimum absolute atomic E-state index is 0.0665. The van der Waals surface area contributed by atoms with E-state index in [2.05, 4.69) is 0 Å². The smallest absolute Gasteiger partial charge is 0.408 e. The van der Waals surface area contributed by atoms with E-state index in [0.717, 1.165) is 0 Å². The van der Waals surface area contributed by atoms with E-state index in [1.54, 1.807) is 101 Å². The Labute approximate surface area is 308 Å². The van der Waals surface area contributed by atoms with Gasteiger partial charge in [-0.05, 0) is 54.6 Å². The number of benzene rings is 3. The minimum atomic E-state index is -2.59. The standard InChI is InChI=1S/C42H51O9P/c1-22(2)37(43)28-13-16-34(31(19-28)40(46)25(7)8)49-52(50-35-17-14-29(38(44)23(3)4)20-32(35)41(47)26(9)10)51-36-18-15-30(39(45)24(5)6)21-33(36)42(48)27(11)12/h13-27H,1-12H3. The minimum Gasteiger partial charge on any atom is -0.408 e. The molecule has 10 heteroatoms. The first-order valence-corrected chi connectivity index (χ1v) is 18.9. The van der Waals surface area contributed by atoms with Crippen LogP contribution in [0, 0.1) is 35.5 Å². The number of carbonyl (C=O) groups excluding carboxylic acids is 6. The van der Waals surface area contributed by atoms with Crippen LogP contribution in [-0.2, 0) is 0 Å². The quantitative estimate of drug-likeness (QED) is 0.0927. The van der Waals surface area contributed by atoms with Crippen molar-refractivity contribution in [2.75, 3.05) is 0 Å². The Morgan fingerprint density at radius 2 is 0.577 bits per heavy atom. The van der Waals surface area contributed by atoms with Crippen molar-refractivity contribution in [1.82, 2.24) is 0 Å². The van der Waals surface area contributed by atoms with Gasteiger partial charge >= 0.3 is 8.60 Å². The molecule has 0 atom stereocenters. The van der Waals surface area contributed by atoms with E-state index >= 15 is 0 Å². The molecule has 0 fully saturated rings. The predicted molar refractivity (Wildman–Crippen MR) is 203 cm³/mol. The highest BCUT2D eigenvalue weighted by Gasteiger charge is 2.31. The summed E-state index contributed by atoms with van der Waals surface area (Å²) in [5.74, 6) is -3.45. The van der Waals surface area contributed by atoms with Gasteiger partial charge in [0.2, 0.25) is 0 Å². The Hall–Kier alpha value is -4.49. The molecule has 0 saturated heterocycles. The van der Waals surface area contributed by atoms with Gasteiger partial charge in [0, 0.05) is 52.2 Å². The Morgan fingerprint density at radius 3 is 0.769 bits per heavy atom. The SMILES string of the molecule is CC(C)C(=O)c1ccc(OP(Oc2ccc(C(=O)C(C)C)cc2C(=O)C(C)C)Oc2ccc(C(=O)C(C)C)cc2C(=O)C(C)C)c(C(=O)C(C)C)c1. The van der Waals surface area contributed by atoms with E-state index in [9.17, 15) is 28.8 Å². The summed E-state index contributed by atoms with van der Waals surface area (Å²) >= 11 is 0. The van der Waals surface area contributed by atoms with Crippen LogP contribution in [0.2, 0.25) is 0 Å². The number of hydrogen-bond donors (Lipinski definition) is 0. The van der Waals surface area contributed by atoms with Crippen LogP contribution in [0.5, 0.6) is 17.2 Å². The molecule has 0 spiro atoms. The van der Waals surface area contributed by atoms with Crippen molar-refractivity contribution in [2.24, 2.45) is 35.5 Å². The summed E-state index contributed by atoms with van der Waals surface area (Å²) < 4.78 is 19.1. The van der Waals surface area contributed by atoms with Crippen LogP contribution >= 0.6 is 8.60 Å². The molecule has 0 amide bonds. The summed E-state index contributed by atoms with van der Waals surface area (Å²) in [4.78, 5) is 79.4. The third-order valence-corrected chi connectivity index (χ3v) is 9.29. The molecule has 3 aromatic carbocycles. The normalized spacial score (nSPS) is 11.6. The second-order valence-electron chi connectivity index (χ2n) is 14.7. The van der Waals surface area contributed by atoms with E-state index in [1.165, 1.54) is 36.4 Å². The largest absolute Gasteiger partial charge is 0.530 e. The maximum Gasteiger partial charge on any atom is 0.530 e. The zero-order chi connectivity index (χ0) is 39.2. The molecule has 3 rings (SSSR count). The maximum atomic E-state index is 13.5. The molecule has 9 nitrogen and oxygen atoms in total. The van der Waals surface area contributed by atoms with Crippen LogP contribution in [0.3, 0.4) is 0 Å². The highest BCUT2D eigenvalue weighted by atomic mass is 31.2. The maximum absolute atomic E-state index is 13.5. The molecule has 0 unspecified atom stereocenters. The monoisotopic (exact) mass is 730 g/mol. The summed E-state index contributed by atoms with van der Waals surface area (Å²) in [6, 6.07) is 13.7. The topological polar surface area (TPSA) is 130 Å². The lowest BCUT2D eigenvalue weighted by Gasteiger charge is -2.23. The predicted octanol–water partition coefficient (Wildman–Crippen LogP) is 10.5. The molecule has 0 N–H and O–H groups in total. The fourth-order valence-electron chi connectivity index (χ4n) is 5.10. The zero-order valence-electron chi connectivity index (χ0n) is 32.3. The number of Topliss-reactive ketones (excluding diaryl/α,β-unsaturated/α-hetero) is 6. The summed E-state index contributed by atoms with van der Waals surface area (Å²) in [5, 5.41) is 0. The van der Waals surface area contributed by atoms with Crippen LogP contribution < -0.4 is 13.6 Å². The van der Waals surface area contributed by atoms with E-state index in [4.69, 9.17) is 13.6 Å². The first-order valence-electron chi connectivity index (χ1n) is 17.8. The second-order valence-corrected chi connectivity index (χ2v) is 15.7. The van der Waals surface area contributed by atoms with Crippen LogP contribution in [0.1, 0.15) is 145 Å². The van der Waals surface area contributed by atoms with Gasteiger partial charge in [-0.2, -0.15) is 0 Å². The number of carbonyl (C=O) groups is 6. The highest BCUT2D eigenvalue weighted by Crippen LogP contribution is 2.46. The lowest BCUT2D eigenvalue weighted by Crippen LogP contribution is -2.16. The summed E-state index contributed by atoms with van der Waals surface area (Å²) in [6.07, 6.45) is 0. The van der Waals surface area contributed by atoms with Crippen molar-refractivity contribution in [3.05, 3.63) is 88.0 Å². The van der Waals surface area contributed by atoms with Gasteiger partial charge in [-0.1, -0.05) is 83.1 Å². The van der Waals surface area contributed by atoms with E-state index in [-0.39, 0.29) is 86.4 Å². The number of rotatable bonds is 18. The van der Waals surface area contributed by atoms with Gasteiger partial charge in [-0.25, -0.2) is 0 Å². The molecule has 0 aliphatic rings. The number of ketones is 6. The molecular formula is C42H51O9P. The summed E-state index contributed by atoms with van der Waals surface area (Å²) in [5.41, 5.74) is 1.41. The van der Waals surface area contributed by atoms with Gasteiger partial charge in [0.1, 0.15) is 17.2 Å². The van der Waals surface area contributed by atoms with Crippen LogP contribution in [0.15, 0.2) is 54.6 Å². The third-order valence-electron chi connectivity index (χ3n) is 8.25. The van der Waals surface area contributed by atoms with Gasteiger partial charge in [0.15, 0.2) is 34.7 Å². The molecule has 0 radical (unpaired) electrons. The van der Waals surface area contributed by atoms with E-state index in [0.29, 0.717) is 16.7 Å². The summed E-state index contributed by atoms with van der Waals surface area (Å²) in [7, 11) is -2.59. The van der Waals surface area contributed by atoms with Gasteiger partial charge < -0.3 is 13.6 Å². The molecule has 0 bridgehead atoms. The van der Waals surface area contributed by atoms with Gasteiger partial charge in [-0.15, -0.1) is 0 Å². The van der Waals surface area contributed by atoms with Crippen molar-refractivity contribution in [3.8, 4) is 17.2 Å². The Morgan fingerprint density at radius 1 is 0.365 bits per heavy atom. The fourth-order valence-corrected chi connectivity index (χ4v) is 6.17. The summed E-state index contributed by atoms with van der Waals surface area (Å²) in [6.45, 7) is 21.0. The fraction of sp³-hybridized carbons (Fsp3) is 0.429. The van der Waals surface area contributed by atoms with Gasteiger partial charge in [-0.3, -0.25) is 28.8 Å². The molecule has 52 heavy (non-hydrogen) atoms. The first-order chi connectivity index (χ1) is 24.2. The average Bonchev–Trinajstić information content (AvgIpc) is 3.09. The van der Waals surface area contributed by atoms with Crippen LogP contribution in [0.4, 0.5) is 0 Å². The lowest BCUT2D eigenvalue weighted by molar-refractivity contribution is 0.0924. The molecule has 278 valence electrons. The molecule has 0 aliphatic heterocycles. The van der Waals surface area contributed by atoms with Crippen molar-refractivity contribution in [1.29, 1.82) is 0 Å². The Balaban J connectivity index is 2.28. The molecule has 0 heterocycles. The van der Waals surface area contributed by atoms with Crippen LogP contribution in [0.25, 0.3) is 0 Å². The third kappa shape index (κ3) is 10.1. The Kier molecular flexibility index (Phi) is 14.4. The van der Waals surface area contributed by atoms with Crippen molar-refractivity contribution in [3.63, 3.8) is 0 Å². The molecular weight excluding hydrogens is 679 g/mol. The van der Waals surface area contributed by atoms with Gasteiger partial charge in [0.25, 0.3) is 0 Å². The molecule has 0 aromatic heterocycles. The van der Waals surface area contributed by atoms with Gasteiger partial charge in [0.05, 0.1) is 16.7 Å². The van der Waals surface area contributed by atoms with Crippen LogP contribution in [-0.4, -0.2) is 34.7 Å². The van der Waals surface area contributed by atoms with E-state index < -0.39 is 26.4 Å². The zero-order valence-corrected chi connectivity index (χ0v) is 33.2. The van der Waals surface area contributed by atoms with Crippen molar-refractivity contribution in [2.45, 2.75) is 83.1 Å². The molecule has 0 aliphatic carbocycles.